The number of rotatable bonds is 1. The van der Waals surface area contributed by atoms with Gasteiger partial charge >= 0.3 is 0 Å². The van der Waals surface area contributed by atoms with Crippen molar-refractivity contribution in [3.8, 4) is 0 Å². The Balaban J connectivity index is 1.82. The average Bonchev–Trinajstić information content (AvgIpc) is 2.83. The summed E-state index contributed by atoms with van der Waals surface area (Å²) >= 11 is 0. The molecule has 0 aliphatic carbocycles. The number of nitrogens with zero attached hydrogens (tertiary/aromatic N) is 1. The molecular weight excluding hydrogens is 286 g/mol. The third-order valence-corrected chi connectivity index (χ3v) is 6.88. The van der Waals surface area contributed by atoms with E-state index >= 15 is 0 Å². The summed E-state index contributed by atoms with van der Waals surface area (Å²) < 4.78 is 5.38. The summed E-state index contributed by atoms with van der Waals surface area (Å²) in [6.07, 6.45) is 2.24. The van der Waals surface area contributed by atoms with E-state index in [0.29, 0.717) is 0 Å². The fraction of sp³-hybridized carbons (Fsp3) is 0.308. The van der Waals surface area contributed by atoms with Crippen LogP contribution in [0.2, 0.25) is 0 Å². The van der Waals surface area contributed by atoms with E-state index in [1.807, 2.05) is 6.07 Å². The van der Waals surface area contributed by atoms with E-state index in [2.05, 4.69) is 35.2 Å². The number of hydrogen-bond donors (Lipinski definition) is 0. The van der Waals surface area contributed by atoms with Gasteiger partial charge in [-0.15, -0.1) is 0 Å². The van der Waals surface area contributed by atoms with Crippen molar-refractivity contribution in [3.63, 3.8) is 0 Å². The predicted octanol–water partition coefficient (Wildman–Crippen LogP) is 3.57. The fourth-order valence-corrected chi connectivity index (χ4v) is 5.98. The molecule has 0 aromatic heterocycles. The molecule has 3 rings (SSSR count). The summed E-state index contributed by atoms with van der Waals surface area (Å²) in [6, 6.07) is 10.4. The Kier molecular flexibility index (Phi) is 4.11. The lowest BCUT2D eigenvalue weighted by Crippen LogP contribution is -2.39. The molecule has 0 saturated carbocycles. The molecule has 0 spiro atoms. The average molecular weight is 300 g/mol. The molecule has 5 heteroatoms. The normalized spacial score (nSPS) is 25.3. The minimum atomic E-state index is -0.255. The van der Waals surface area contributed by atoms with Gasteiger partial charge in [-0.3, -0.25) is 4.90 Å². The van der Waals surface area contributed by atoms with Crippen LogP contribution in [0.25, 0.3) is 4.91 Å². The molecule has 2 heterocycles. The Labute approximate surface area is 118 Å². The second-order valence-corrected chi connectivity index (χ2v) is 8.57. The molecule has 1 fully saturated rings. The Morgan fingerprint density at radius 3 is 2.61 bits per heavy atom. The molecule has 1 aromatic rings. The number of hydrogen-bond acceptors (Lipinski definition) is 3. The first-order chi connectivity index (χ1) is 8.84. The van der Waals surface area contributed by atoms with Crippen molar-refractivity contribution in [1.82, 2.24) is 4.90 Å². The van der Waals surface area contributed by atoms with Crippen LogP contribution in [-0.2, 0) is 4.74 Å². The van der Waals surface area contributed by atoms with E-state index in [9.17, 15) is 0 Å². The summed E-state index contributed by atoms with van der Waals surface area (Å²) in [5.41, 5.74) is 1.25. The molecule has 2 nitrogen and oxygen atoms in total. The van der Waals surface area contributed by atoms with Crippen LogP contribution in [0.4, 0.5) is 0 Å². The van der Waals surface area contributed by atoms with E-state index in [1.54, 1.807) is 10.8 Å². The first-order valence-corrected chi connectivity index (χ1v) is 9.28. The molecular formula is C13H14ClNOS2. The Hall–Kier alpha value is -0.260. The Morgan fingerprint density at radius 1 is 1.17 bits per heavy atom. The van der Waals surface area contributed by atoms with Gasteiger partial charge < -0.3 is 4.74 Å². The molecule has 1 unspecified atom stereocenters. The minimum Gasteiger partial charge on any atom is -0.379 e. The van der Waals surface area contributed by atoms with Gasteiger partial charge in [0.2, 0.25) is 0 Å². The molecule has 0 N–H and O–H groups in total. The third-order valence-electron chi connectivity index (χ3n) is 2.96. The number of halogens is 1. The Bertz CT molecular complexity index is 495. The monoisotopic (exact) mass is 299 g/mol. The van der Waals surface area contributed by atoms with E-state index in [1.165, 1.54) is 15.5 Å². The predicted molar refractivity (Wildman–Crippen MR) is 82.9 cm³/mol. The number of ether oxygens (including phenoxy) is 1. The lowest BCUT2D eigenvalue weighted by molar-refractivity contribution is 0.0694. The van der Waals surface area contributed by atoms with Crippen LogP contribution in [0, 0.1) is 0 Å². The lowest BCUT2D eigenvalue weighted by Gasteiger charge is -2.26. The minimum absolute atomic E-state index is 0.255. The molecule has 2 aliphatic heterocycles. The van der Waals surface area contributed by atoms with E-state index in [0.717, 1.165) is 26.3 Å². The van der Waals surface area contributed by atoms with Gasteiger partial charge in [-0.25, -0.2) is 0 Å². The second kappa shape index (κ2) is 5.80. The van der Waals surface area contributed by atoms with Crippen LogP contribution in [0.5, 0.6) is 0 Å². The molecule has 2 aliphatic rings. The summed E-state index contributed by atoms with van der Waals surface area (Å²) in [5.74, 6) is 0. The van der Waals surface area contributed by atoms with Crippen molar-refractivity contribution in [2.45, 2.75) is 0 Å². The van der Waals surface area contributed by atoms with Gasteiger partial charge in [0.15, 0.2) is 0 Å². The van der Waals surface area contributed by atoms with Crippen molar-refractivity contribution in [2.24, 2.45) is 0 Å². The van der Waals surface area contributed by atoms with Gasteiger partial charge in [-0.05, 0) is 41.8 Å². The standard InChI is InChI=1S/C13H14ClNOS2/c14-18-13(15-6-8-16-9-7-15)10-12(17-18)11-4-2-1-3-5-11/h1-5,10H,6-9H2. The number of morpholine rings is 1. The highest BCUT2D eigenvalue weighted by molar-refractivity contribution is 8.95. The van der Waals surface area contributed by atoms with Crippen LogP contribution in [-0.4, -0.2) is 36.2 Å². The largest absolute Gasteiger partial charge is 0.379 e. The number of benzene rings is 1. The van der Waals surface area contributed by atoms with Crippen LogP contribution >= 0.6 is 30.2 Å². The van der Waals surface area contributed by atoms with Crippen molar-refractivity contribution in [3.05, 3.63) is 42.0 Å². The molecule has 1 aromatic carbocycles. The first kappa shape index (κ1) is 12.8. The SMILES string of the molecule is ClS1=C(N2CCOCC2)C=C(c2ccccc2)S1. The molecule has 1 atom stereocenters. The highest BCUT2D eigenvalue weighted by Crippen LogP contribution is 2.51. The third kappa shape index (κ3) is 2.68. The van der Waals surface area contributed by atoms with Crippen LogP contribution in [0.1, 0.15) is 5.56 Å². The summed E-state index contributed by atoms with van der Waals surface area (Å²) in [5, 5.41) is 0. The van der Waals surface area contributed by atoms with Gasteiger partial charge in [0.25, 0.3) is 0 Å². The zero-order valence-corrected chi connectivity index (χ0v) is 12.2. The van der Waals surface area contributed by atoms with Gasteiger partial charge in [0, 0.05) is 18.0 Å². The smallest absolute Gasteiger partial charge is 0.0680 e. The second-order valence-electron chi connectivity index (χ2n) is 4.12. The molecule has 1 saturated heterocycles. The van der Waals surface area contributed by atoms with Crippen LogP contribution < -0.4 is 0 Å². The van der Waals surface area contributed by atoms with Crippen LogP contribution in [0.15, 0.2) is 36.4 Å². The Morgan fingerprint density at radius 2 is 1.89 bits per heavy atom. The molecule has 0 bridgehead atoms. The van der Waals surface area contributed by atoms with Crippen molar-refractivity contribution < 1.29 is 4.74 Å². The maximum Gasteiger partial charge on any atom is 0.0680 e. The summed E-state index contributed by atoms with van der Waals surface area (Å²) in [7, 11) is 7.98. The summed E-state index contributed by atoms with van der Waals surface area (Å²) in [4.78, 5) is 4.88. The van der Waals surface area contributed by atoms with Gasteiger partial charge in [-0.2, -0.15) is 0 Å². The van der Waals surface area contributed by atoms with Crippen molar-refractivity contribution in [2.75, 3.05) is 26.3 Å². The zero-order chi connectivity index (χ0) is 12.4. The van der Waals surface area contributed by atoms with Crippen molar-refractivity contribution >= 4 is 40.1 Å². The topological polar surface area (TPSA) is 12.5 Å². The van der Waals surface area contributed by atoms with Gasteiger partial charge in [0.1, 0.15) is 0 Å². The van der Waals surface area contributed by atoms with E-state index < -0.39 is 0 Å². The quantitative estimate of drug-likeness (QED) is 0.581. The molecule has 0 radical (unpaired) electrons. The van der Waals surface area contributed by atoms with Crippen LogP contribution in [0.3, 0.4) is 0 Å². The highest BCUT2D eigenvalue weighted by atomic mass is 35.7. The van der Waals surface area contributed by atoms with Gasteiger partial charge in [-0.1, -0.05) is 30.3 Å². The fourth-order valence-electron chi connectivity index (χ4n) is 2.01. The van der Waals surface area contributed by atoms with E-state index in [4.69, 9.17) is 15.4 Å². The highest BCUT2D eigenvalue weighted by Gasteiger charge is 2.22. The zero-order valence-electron chi connectivity index (χ0n) is 9.84. The van der Waals surface area contributed by atoms with E-state index in [-0.39, 0.29) is 8.73 Å². The summed E-state index contributed by atoms with van der Waals surface area (Å²) in [6.45, 7) is 3.50. The van der Waals surface area contributed by atoms with Crippen molar-refractivity contribution in [1.29, 1.82) is 0 Å². The first-order valence-electron chi connectivity index (χ1n) is 5.90. The maximum atomic E-state index is 6.48. The lowest BCUT2D eigenvalue weighted by atomic mass is 10.2. The molecule has 0 amide bonds. The van der Waals surface area contributed by atoms with Gasteiger partial charge in [0.05, 0.1) is 18.2 Å². The maximum absolute atomic E-state index is 6.48. The molecule has 96 valence electrons. The molecule has 18 heavy (non-hydrogen) atoms.